The van der Waals surface area contributed by atoms with E-state index >= 15 is 0 Å². The smallest absolute Gasteiger partial charge is 0.210 e. The monoisotopic (exact) mass is 337 g/mol. The molecule has 1 saturated heterocycles. The average molecular weight is 337 g/mol. The van der Waals surface area contributed by atoms with Crippen molar-refractivity contribution < 1.29 is 9.53 Å². The van der Waals surface area contributed by atoms with Crippen molar-refractivity contribution in [3.8, 4) is 5.75 Å². The highest BCUT2D eigenvalue weighted by Crippen LogP contribution is 2.31. The minimum atomic E-state index is -0.0710. The summed E-state index contributed by atoms with van der Waals surface area (Å²) in [7, 11) is 1.61. The van der Waals surface area contributed by atoms with E-state index in [0.29, 0.717) is 25.4 Å². The lowest BCUT2D eigenvalue weighted by Gasteiger charge is -2.39. The number of piperazine rings is 1. The van der Waals surface area contributed by atoms with Gasteiger partial charge in [0, 0.05) is 30.8 Å². The normalized spacial score (nSPS) is 17.7. The Kier molecular flexibility index (Phi) is 3.97. The molecular formula is C18H19N5O2. The van der Waals surface area contributed by atoms with Crippen LogP contribution >= 0.6 is 0 Å². The third-order valence-corrected chi connectivity index (χ3v) is 4.65. The van der Waals surface area contributed by atoms with E-state index in [4.69, 9.17) is 4.74 Å². The number of benzene rings is 1. The molecule has 0 spiro atoms. The van der Waals surface area contributed by atoms with Crippen molar-refractivity contribution >= 4 is 23.1 Å². The zero-order chi connectivity index (χ0) is 17.2. The summed E-state index contributed by atoms with van der Waals surface area (Å²) in [6.07, 6.45) is 4.10. The maximum Gasteiger partial charge on any atom is 0.210 e. The van der Waals surface area contributed by atoms with Crippen LogP contribution < -0.4 is 9.64 Å². The molecule has 2 aromatic heterocycles. The van der Waals surface area contributed by atoms with Crippen LogP contribution in [0.3, 0.4) is 0 Å². The number of aromatic nitrogens is 3. The summed E-state index contributed by atoms with van der Waals surface area (Å²) in [5, 5.41) is 1.14. The first kappa shape index (κ1) is 15.4. The van der Waals surface area contributed by atoms with E-state index in [2.05, 4.69) is 32.0 Å². The average Bonchev–Trinajstić information content (AvgIpc) is 3.11. The number of methoxy groups -OCH3 is 1. The van der Waals surface area contributed by atoms with Crippen molar-refractivity contribution in [2.24, 2.45) is 0 Å². The predicted molar refractivity (Wildman–Crippen MR) is 94.6 cm³/mol. The van der Waals surface area contributed by atoms with Gasteiger partial charge >= 0.3 is 0 Å². The fourth-order valence-corrected chi connectivity index (χ4v) is 3.36. The Morgan fingerprint density at radius 3 is 3.00 bits per heavy atom. The number of ether oxygens (including phenoxy) is 1. The fourth-order valence-electron chi connectivity index (χ4n) is 3.36. The third-order valence-electron chi connectivity index (χ3n) is 4.65. The minimum Gasteiger partial charge on any atom is -0.491 e. The lowest BCUT2D eigenvalue weighted by atomic mass is 10.1. The number of anilines is 1. The van der Waals surface area contributed by atoms with Gasteiger partial charge in [-0.2, -0.15) is 0 Å². The number of carbonyl (C=O) groups excluding carboxylic acids is 1. The van der Waals surface area contributed by atoms with Crippen LogP contribution in [0.4, 0.5) is 5.82 Å². The van der Waals surface area contributed by atoms with Crippen LogP contribution in [0.5, 0.6) is 5.75 Å². The molecule has 25 heavy (non-hydrogen) atoms. The number of fused-ring (bicyclic) bond motifs is 1. The molecule has 0 bridgehead atoms. The number of nitrogens with zero attached hydrogens (tertiary/aromatic N) is 4. The van der Waals surface area contributed by atoms with Crippen molar-refractivity contribution in [1.29, 1.82) is 0 Å². The first-order valence-corrected chi connectivity index (χ1v) is 8.18. The zero-order valence-corrected chi connectivity index (χ0v) is 13.9. The topological polar surface area (TPSA) is 74.4 Å². The molecule has 4 rings (SSSR count). The van der Waals surface area contributed by atoms with Gasteiger partial charge in [0.2, 0.25) is 6.41 Å². The van der Waals surface area contributed by atoms with Gasteiger partial charge in [-0.3, -0.25) is 4.79 Å². The van der Waals surface area contributed by atoms with Crippen LogP contribution in [0.1, 0.15) is 11.7 Å². The Bertz CT molecular complexity index is 861. The van der Waals surface area contributed by atoms with E-state index in [1.807, 2.05) is 23.1 Å². The van der Waals surface area contributed by atoms with Gasteiger partial charge in [-0.25, -0.2) is 9.97 Å². The van der Waals surface area contributed by atoms with Gasteiger partial charge in [-0.1, -0.05) is 18.2 Å². The minimum absolute atomic E-state index is 0.0710. The summed E-state index contributed by atoms with van der Waals surface area (Å²) in [5.74, 6) is 1.39. The van der Waals surface area contributed by atoms with Gasteiger partial charge in [0.1, 0.15) is 6.33 Å². The highest BCUT2D eigenvalue weighted by molar-refractivity contribution is 5.80. The molecule has 1 aliphatic rings. The summed E-state index contributed by atoms with van der Waals surface area (Å²) in [4.78, 5) is 27.4. The van der Waals surface area contributed by atoms with Gasteiger partial charge in [0.15, 0.2) is 11.6 Å². The third kappa shape index (κ3) is 2.77. The highest BCUT2D eigenvalue weighted by atomic mass is 16.5. The van der Waals surface area contributed by atoms with Gasteiger partial charge in [-0.05, 0) is 17.5 Å². The van der Waals surface area contributed by atoms with E-state index < -0.39 is 0 Å². The SMILES string of the molecule is COc1cncnc1N1CCN(C=O)C(c2cc3ccccc3[nH]2)C1. The van der Waals surface area contributed by atoms with Crippen LogP contribution in [0.15, 0.2) is 42.9 Å². The second-order valence-electron chi connectivity index (χ2n) is 6.03. The second kappa shape index (κ2) is 6.43. The standard InChI is InChI=1S/C18H19N5O2/c1-25-17-9-19-11-20-18(17)22-6-7-23(12-24)16(10-22)15-8-13-4-2-3-5-14(13)21-15/h2-5,8-9,11-12,16,21H,6-7,10H2,1H3. The van der Waals surface area contributed by atoms with Crippen molar-refractivity contribution in [2.75, 3.05) is 31.6 Å². The van der Waals surface area contributed by atoms with Crippen LogP contribution in [0, 0.1) is 0 Å². The van der Waals surface area contributed by atoms with Crippen molar-refractivity contribution in [3.05, 3.63) is 48.5 Å². The Labute approximate surface area is 145 Å². The van der Waals surface area contributed by atoms with Gasteiger partial charge in [0.05, 0.1) is 19.3 Å². The zero-order valence-electron chi connectivity index (χ0n) is 13.9. The maximum atomic E-state index is 11.6. The van der Waals surface area contributed by atoms with Gasteiger partial charge < -0.3 is 19.5 Å². The lowest BCUT2D eigenvalue weighted by molar-refractivity contribution is -0.120. The molecule has 1 aromatic carbocycles. The van der Waals surface area contributed by atoms with Crippen LogP contribution in [-0.2, 0) is 4.79 Å². The largest absolute Gasteiger partial charge is 0.491 e. The van der Waals surface area contributed by atoms with Crippen LogP contribution in [0.2, 0.25) is 0 Å². The number of carbonyl (C=O) groups is 1. The van der Waals surface area contributed by atoms with Gasteiger partial charge in [0.25, 0.3) is 0 Å². The molecule has 0 radical (unpaired) electrons. The molecule has 3 aromatic rings. The molecule has 0 aliphatic carbocycles. The number of para-hydroxylation sites is 1. The van der Waals surface area contributed by atoms with E-state index in [1.165, 1.54) is 6.33 Å². The van der Waals surface area contributed by atoms with Crippen molar-refractivity contribution in [2.45, 2.75) is 6.04 Å². The molecule has 1 amide bonds. The number of hydrogen-bond donors (Lipinski definition) is 1. The lowest BCUT2D eigenvalue weighted by Crippen LogP contribution is -2.48. The molecular weight excluding hydrogens is 318 g/mol. The molecule has 7 nitrogen and oxygen atoms in total. The summed E-state index contributed by atoms with van der Waals surface area (Å²) < 4.78 is 5.38. The number of aromatic amines is 1. The molecule has 0 saturated carbocycles. The molecule has 7 heteroatoms. The predicted octanol–water partition coefficient (Wildman–Crippen LogP) is 1.99. The molecule has 1 unspecified atom stereocenters. The van der Waals surface area contributed by atoms with Crippen molar-refractivity contribution in [3.63, 3.8) is 0 Å². The molecule has 1 aliphatic heterocycles. The number of amides is 1. The number of rotatable bonds is 4. The molecule has 3 heterocycles. The first-order valence-electron chi connectivity index (χ1n) is 8.18. The number of hydrogen-bond acceptors (Lipinski definition) is 5. The second-order valence-corrected chi connectivity index (χ2v) is 6.03. The van der Waals surface area contributed by atoms with Crippen LogP contribution in [0.25, 0.3) is 10.9 Å². The Balaban J connectivity index is 1.68. The maximum absolute atomic E-state index is 11.6. The van der Waals surface area contributed by atoms with Crippen molar-refractivity contribution in [1.82, 2.24) is 19.9 Å². The molecule has 1 atom stereocenters. The summed E-state index contributed by atoms with van der Waals surface area (Å²) >= 11 is 0. The Morgan fingerprint density at radius 1 is 1.32 bits per heavy atom. The quantitative estimate of drug-likeness (QED) is 0.737. The molecule has 1 fully saturated rings. The number of nitrogens with one attached hydrogen (secondary N) is 1. The molecule has 128 valence electrons. The Morgan fingerprint density at radius 2 is 2.20 bits per heavy atom. The Hall–Kier alpha value is -3.09. The summed E-state index contributed by atoms with van der Waals surface area (Å²) in [5.41, 5.74) is 2.09. The summed E-state index contributed by atoms with van der Waals surface area (Å²) in [6, 6.07) is 10.2. The summed E-state index contributed by atoms with van der Waals surface area (Å²) in [6.45, 7) is 1.96. The van der Waals surface area contributed by atoms with E-state index in [-0.39, 0.29) is 6.04 Å². The van der Waals surface area contributed by atoms with E-state index in [0.717, 1.165) is 28.8 Å². The van der Waals surface area contributed by atoms with E-state index in [9.17, 15) is 4.79 Å². The molecule has 1 N–H and O–H groups in total. The fraction of sp³-hybridized carbons (Fsp3) is 0.278. The number of H-pyrrole nitrogens is 1. The highest BCUT2D eigenvalue weighted by Gasteiger charge is 2.30. The van der Waals surface area contributed by atoms with E-state index in [1.54, 1.807) is 13.3 Å². The van der Waals surface area contributed by atoms with Gasteiger partial charge in [-0.15, -0.1) is 0 Å². The first-order chi connectivity index (χ1) is 12.3. The van der Waals surface area contributed by atoms with Crippen LogP contribution in [-0.4, -0.2) is 53.0 Å².